The first kappa shape index (κ1) is 13.3. The highest BCUT2D eigenvalue weighted by molar-refractivity contribution is 9.10. The second kappa shape index (κ2) is 6.17. The summed E-state index contributed by atoms with van der Waals surface area (Å²) in [5.41, 5.74) is 3.68. The Bertz CT molecular complexity index is 522. The number of aliphatic hydroxyl groups is 1. The molecular weight excluding hydrogens is 288 g/mol. The fourth-order valence-electron chi connectivity index (χ4n) is 2.16. The van der Waals surface area contributed by atoms with Crippen molar-refractivity contribution in [1.82, 2.24) is 0 Å². The van der Waals surface area contributed by atoms with Crippen molar-refractivity contribution in [1.29, 1.82) is 0 Å². The Morgan fingerprint density at radius 2 is 1.89 bits per heavy atom. The molecule has 0 aliphatic rings. The summed E-state index contributed by atoms with van der Waals surface area (Å²) < 4.78 is 1.08. The molecule has 0 radical (unpaired) electrons. The predicted molar refractivity (Wildman–Crippen MR) is 78.9 cm³/mol. The number of rotatable bonds is 4. The summed E-state index contributed by atoms with van der Waals surface area (Å²) in [5.74, 6) is 0.166. The van der Waals surface area contributed by atoms with Gasteiger partial charge in [0.2, 0.25) is 0 Å². The van der Waals surface area contributed by atoms with Gasteiger partial charge in [0, 0.05) is 10.4 Å². The van der Waals surface area contributed by atoms with Crippen molar-refractivity contribution in [2.75, 3.05) is 6.61 Å². The molecule has 0 aliphatic carbocycles. The maximum absolute atomic E-state index is 9.59. The summed E-state index contributed by atoms with van der Waals surface area (Å²) in [6.07, 6.45) is 0.861. The van der Waals surface area contributed by atoms with Gasteiger partial charge in [0.15, 0.2) is 0 Å². The van der Waals surface area contributed by atoms with Crippen molar-refractivity contribution < 1.29 is 5.11 Å². The van der Waals surface area contributed by atoms with Gasteiger partial charge in [-0.2, -0.15) is 0 Å². The molecule has 0 spiro atoms. The molecule has 2 rings (SSSR count). The van der Waals surface area contributed by atoms with Crippen LogP contribution in [0.5, 0.6) is 0 Å². The van der Waals surface area contributed by atoms with E-state index in [4.69, 9.17) is 0 Å². The number of hydrogen-bond acceptors (Lipinski definition) is 1. The van der Waals surface area contributed by atoms with E-state index in [1.807, 2.05) is 18.2 Å². The molecule has 0 fully saturated rings. The number of halogens is 1. The first-order valence-corrected chi connectivity index (χ1v) is 6.90. The molecule has 0 aromatic heterocycles. The summed E-state index contributed by atoms with van der Waals surface area (Å²) in [5, 5.41) is 9.59. The Balaban J connectivity index is 2.19. The molecule has 2 aromatic carbocycles. The van der Waals surface area contributed by atoms with E-state index in [1.165, 1.54) is 16.7 Å². The second-order valence-electron chi connectivity index (χ2n) is 4.63. The minimum absolute atomic E-state index is 0.166. The molecule has 94 valence electrons. The standard InChI is InChI=1S/C16H17BrO/c1-12-4-2-6-14(8-12)15(11-18)9-13-5-3-7-16(17)10-13/h2-8,10,15,18H,9,11H2,1H3. The lowest BCUT2D eigenvalue weighted by molar-refractivity contribution is 0.264. The average Bonchev–Trinajstić information content (AvgIpc) is 2.36. The topological polar surface area (TPSA) is 20.2 Å². The van der Waals surface area contributed by atoms with Gasteiger partial charge in [-0.15, -0.1) is 0 Å². The van der Waals surface area contributed by atoms with Crippen molar-refractivity contribution >= 4 is 15.9 Å². The predicted octanol–water partition coefficient (Wildman–Crippen LogP) is 4.08. The maximum atomic E-state index is 9.59. The first-order chi connectivity index (χ1) is 8.69. The average molecular weight is 305 g/mol. The van der Waals surface area contributed by atoms with Gasteiger partial charge in [0.1, 0.15) is 0 Å². The fraction of sp³-hybridized carbons (Fsp3) is 0.250. The summed E-state index contributed by atoms with van der Waals surface area (Å²) in [6, 6.07) is 16.6. The number of aliphatic hydroxyl groups excluding tert-OH is 1. The van der Waals surface area contributed by atoms with Crippen LogP contribution in [0.3, 0.4) is 0 Å². The highest BCUT2D eigenvalue weighted by Crippen LogP contribution is 2.23. The molecule has 18 heavy (non-hydrogen) atoms. The summed E-state index contributed by atoms with van der Waals surface area (Å²) in [6.45, 7) is 2.26. The second-order valence-corrected chi connectivity index (χ2v) is 5.54. The normalized spacial score (nSPS) is 12.4. The van der Waals surface area contributed by atoms with E-state index >= 15 is 0 Å². The van der Waals surface area contributed by atoms with Crippen LogP contribution in [-0.4, -0.2) is 11.7 Å². The van der Waals surface area contributed by atoms with Gasteiger partial charge in [-0.1, -0.05) is 57.9 Å². The zero-order valence-electron chi connectivity index (χ0n) is 10.4. The van der Waals surface area contributed by atoms with Gasteiger partial charge >= 0.3 is 0 Å². The van der Waals surface area contributed by atoms with Crippen molar-refractivity contribution in [2.24, 2.45) is 0 Å². The minimum atomic E-state index is 0.166. The van der Waals surface area contributed by atoms with Crippen LogP contribution < -0.4 is 0 Å². The Kier molecular flexibility index (Phi) is 4.56. The van der Waals surface area contributed by atoms with Crippen molar-refractivity contribution in [3.8, 4) is 0 Å². The maximum Gasteiger partial charge on any atom is 0.0502 e. The molecule has 0 amide bonds. The van der Waals surface area contributed by atoms with Crippen LogP contribution in [-0.2, 0) is 6.42 Å². The quantitative estimate of drug-likeness (QED) is 0.902. The molecule has 0 aliphatic heterocycles. The molecule has 0 heterocycles. The number of benzene rings is 2. The fourth-order valence-corrected chi connectivity index (χ4v) is 2.61. The highest BCUT2D eigenvalue weighted by Gasteiger charge is 2.11. The smallest absolute Gasteiger partial charge is 0.0502 e. The lowest BCUT2D eigenvalue weighted by Crippen LogP contribution is -2.08. The van der Waals surface area contributed by atoms with Crippen molar-refractivity contribution in [2.45, 2.75) is 19.3 Å². The SMILES string of the molecule is Cc1cccc(C(CO)Cc2cccc(Br)c2)c1. The van der Waals surface area contributed by atoms with E-state index in [0.717, 1.165) is 10.9 Å². The molecule has 2 heteroatoms. The third kappa shape index (κ3) is 3.44. The molecule has 1 nitrogen and oxygen atoms in total. The molecule has 1 unspecified atom stereocenters. The van der Waals surface area contributed by atoms with E-state index in [1.54, 1.807) is 0 Å². The molecule has 0 bridgehead atoms. The van der Waals surface area contributed by atoms with E-state index in [2.05, 4.69) is 53.2 Å². The van der Waals surface area contributed by atoms with Crippen LogP contribution in [0.4, 0.5) is 0 Å². The zero-order chi connectivity index (χ0) is 13.0. The first-order valence-electron chi connectivity index (χ1n) is 6.11. The monoisotopic (exact) mass is 304 g/mol. The van der Waals surface area contributed by atoms with Crippen LogP contribution >= 0.6 is 15.9 Å². The Hall–Kier alpha value is -1.12. The van der Waals surface area contributed by atoms with Gasteiger partial charge in [0.25, 0.3) is 0 Å². The number of hydrogen-bond donors (Lipinski definition) is 1. The molecule has 1 atom stereocenters. The van der Waals surface area contributed by atoms with Crippen LogP contribution in [0.2, 0.25) is 0 Å². The largest absolute Gasteiger partial charge is 0.396 e. The summed E-state index contributed by atoms with van der Waals surface area (Å²) >= 11 is 3.48. The van der Waals surface area contributed by atoms with Crippen molar-refractivity contribution in [3.63, 3.8) is 0 Å². The minimum Gasteiger partial charge on any atom is -0.396 e. The lowest BCUT2D eigenvalue weighted by atomic mass is 9.92. The Morgan fingerprint density at radius 1 is 1.11 bits per heavy atom. The third-order valence-corrected chi connectivity index (χ3v) is 3.60. The van der Waals surface area contributed by atoms with E-state index < -0.39 is 0 Å². The van der Waals surface area contributed by atoms with Crippen LogP contribution in [0, 0.1) is 6.92 Å². The Morgan fingerprint density at radius 3 is 2.56 bits per heavy atom. The molecule has 0 saturated heterocycles. The third-order valence-electron chi connectivity index (χ3n) is 3.11. The number of aryl methyl sites for hydroxylation is 1. The van der Waals surface area contributed by atoms with Gasteiger partial charge in [0.05, 0.1) is 6.61 Å². The van der Waals surface area contributed by atoms with Crippen LogP contribution in [0.15, 0.2) is 53.0 Å². The van der Waals surface area contributed by atoms with Gasteiger partial charge in [-0.05, 0) is 36.6 Å². The van der Waals surface area contributed by atoms with Gasteiger partial charge in [-0.3, -0.25) is 0 Å². The molecule has 1 N–H and O–H groups in total. The molecule has 0 saturated carbocycles. The highest BCUT2D eigenvalue weighted by atomic mass is 79.9. The summed E-state index contributed by atoms with van der Waals surface area (Å²) in [4.78, 5) is 0. The molecule has 2 aromatic rings. The molecular formula is C16H17BrO. The van der Waals surface area contributed by atoms with Crippen LogP contribution in [0.25, 0.3) is 0 Å². The zero-order valence-corrected chi connectivity index (χ0v) is 12.0. The lowest BCUT2D eigenvalue weighted by Gasteiger charge is -2.15. The Labute approximate surface area is 117 Å². The summed E-state index contributed by atoms with van der Waals surface area (Å²) in [7, 11) is 0. The van der Waals surface area contributed by atoms with Gasteiger partial charge < -0.3 is 5.11 Å². The van der Waals surface area contributed by atoms with E-state index in [-0.39, 0.29) is 12.5 Å². The van der Waals surface area contributed by atoms with Crippen LogP contribution in [0.1, 0.15) is 22.6 Å². The van der Waals surface area contributed by atoms with E-state index in [0.29, 0.717) is 0 Å². The van der Waals surface area contributed by atoms with Gasteiger partial charge in [-0.25, -0.2) is 0 Å². The van der Waals surface area contributed by atoms with Crippen molar-refractivity contribution in [3.05, 3.63) is 69.7 Å². The van der Waals surface area contributed by atoms with E-state index in [9.17, 15) is 5.11 Å².